The SMILES string of the molecule is CC(O)c1c(C2CC3CC(C2)N3C(=O)c2cc[nH]c2)nc2c(-c3ccc(-c4ncc[nH]4)nc3)cnn2c1N. The van der Waals surface area contributed by atoms with Gasteiger partial charge in [0.1, 0.15) is 11.5 Å². The highest BCUT2D eigenvalue weighted by Gasteiger charge is 2.49. The predicted molar refractivity (Wildman–Crippen MR) is 140 cm³/mol. The number of nitrogens with two attached hydrogens (primary N) is 1. The maximum absolute atomic E-state index is 13.0. The molecule has 0 spiro atoms. The molecule has 7 heterocycles. The van der Waals surface area contributed by atoms with Crippen molar-refractivity contribution in [3.8, 4) is 22.6 Å². The maximum Gasteiger partial charge on any atom is 0.255 e. The molecule has 8 rings (SSSR count). The van der Waals surface area contributed by atoms with Crippen molar-refractivity contribution in [2.45, 2.75) is 50.3 Å². The van der Waals surface area contributed by atoms with Crippen molar-refractivity contribution in [1.82, 2.24) is 39.4 Å². The lowest BCUT2D eigenvalue weighted by molar-refractivity contribution is -0.0196. The number of imidazole rings is 1. The molecule has 2 saturated heterocycles. The van der Waals surface area contributed by atoms with E-state index in [1.54, 1.807) is 48.6 Å². The third kappa shape index (κ3) is 3.42. The van der Waals surface area contributed by atoms with Crippen LogP contribution in [0.4, 0.5) is 5.82 Å². The first kappa shape index (κ1) is 22.7. The number of pyridine rings is 1. The lowest BCUT2D eigenvalue weighted by Gasteiger charge is -2.55. The molecule has 38 heavy (non-hydrogen) atoms. The van der Waals surface area contributed by atoms with Gasteiger partial charge < -0.3 is 25.7 Å². The van der Waals surface area contributed by atoms with E-state index in [-0.39, 0.29) is 23.9 Å². The summed E-state index contributed by atoms with van der Waals surface area (Å²) in [5, 5.41) is 15.2. The largest absolute Gasteiger partial charge is 0.388 e. The normalized spacial score (nSPS) is 21.4. The fourth-order valence-electron chi connectivity index (χ4n) is 6.12. The first-order valence-electron chi connectivity index (χ1n) is 12.8. The zero-order chi connectivity index (χ0) is 26.0. The number of aromatic amines is 2. The van der Waals surface area contributed by atoms with Crippen LogP contribution in [-0.2, 0) is 0 Å². The van der Waals surface area contributed by atoms with E-state index in [1.165, 1.54) is 0 Å². The van der Waals surface area contributed by atoms with Crippen LogP contribution in [0.3, 0.4) is 0 Å². The minimum atomic E-state index is -0.806. The predicted octanol–water partition coefficient (Wildman–Crippen LogP) is 3.31. The number of aliphatic hydroxyl groups is 1. The summed E-state index contributed by atoms with van der Waals surface area (Å²) in [4.78, 5) is 34.9. The number of nitrogen functional groups attached to an aromatic ring is 1. The molecule has 3 aliphatic rings. The van der Waals surface area contributed by atoms with Gasteiger partial charge in [0, 0.05) is 65.7 Å². The second-order valence-electron chi connectivity index (χ2n) is 10.2. The molecule has 2 bridgehead atoms. The van der Waals surface area contributed by atoms with Crippen LogP contribution < -0.4 is 5.73 Å². The van der Waals surface area contributed by atoms with Crippen LogP contribution >= 0.6 is 0 Å². The zero-order valence-electron chi connectivity index (χ0n) is 20.7. The number of aliphatic hydroxyl groups excluding tert-OH is 1. The summed E-state index contributed by atoms with van der Waals surface area (Å²) >= 11 is 0. The first-order chi connectivity index (χ1) is 18.5. The summed E-state index contributed by atoms with van der Waals surface area (Å²) in [6, 6.07) is 5.96. The molecular weight excluding hydrogens is 482 g/mol. The number of nitrogens with zero attached hydrogens (tertiary/aromatic N) is 6. The highest BCUT2D eigenvalue weighted by Crippen LogP contribution is 2.48. The first-order valence-corrected chi connectivity index (χ1v) is 12.8. The van der Waals surface area contributed by atoms with E-state index in [0.29, 0.717) is 28.4 Å². The number of H-pyrrole nitrogens is 2. The number of rotatable bonds is 5. The van der Waals surface area contributed by atoms with E-state index in [2.05, 4.69) is 25.0 Å². The Kier molecular flexibility index (Phi) is 5.08. The van der Waals surface area contributed by atoms with Crippen molar-refractivity contribution in [3.05, 3.63) is 72.2 Å². The molecule has 11 heteroatoms. The van der Waals surface area contributed by atoms with Crippen LogP contribution in [0.1, 0.15) is 59.8 Å². The molecule has 11 nitrogen and oxygen atoms in total. The van der Waals surface area contributed by atoms with Crippen molar-refractivity contribution in [1.29, 1.82) is 0 Å². The van der Waals surface area contributed by atoms with Gasteiger partial charge in [0.2, 0.25) is 0 Å². The maximum atomic E-state index is 13.0. The van der Waals surface area contributed by atoms with Gasteiger partial charge >= 0.3 is 0 Å². The van der Waals surface area contributed by atoms with E-state index in [9.17, 15) is 9.90 Å². The minimum absolute atomic E-state index is 0.0631. The number of fused-ring (bicyclic) bond motifs is 3. The second kappa shape index (κ2) is 8.52. The van der Waals surface area contributed by atoms with Crippen molar-refractivity contribution in [2.24, 2.45) is 0 Å². The molecule has 3 atom stereocenters. The number of aromatic nitrogens is 7. The Morgan fingerprint density at radius 3 is 2.63 bits per heavy atom. The smallest absolute Gasteiger partial charge is 0.255 e. The summed E-state index contributed by atoms with van der Waals surface area (Å²) in [6.45, 7) is 1.70. The molecule has 5 aromatic heterocycles. The summed E-state index contributed by atoms with van der Waals surface area (Å²) in [7, 11) is 0. The Bertz CT molecular complexity index is 1610. The van der Waals surface area contributed by atoms with E-state index < -0.39 is 6.10 Å². The van der Waals surface area contributed by atoms with Crippen LogP contribution in [0.5, 0.6) is 0 Å². The Balaban J connectivity index is 1.24. The number of amides is 1. The van der Waals surface area contributed by atoms with Gasteiger partial charge in [-0.05, 0) is 38.3 Å². The molecule has 0 aromatic carbocycles. The fraction of sp³-hybridized carbons (Fsp3) is 0.296. The molecule has 1 amide bonds. The number of carbonyl (C=O) groups is 1. The van der Waals surface area contributed by atoms with Gasteiger partial charge in [0.15, 0.2) is 11.5 Å². The summed E-state index contributed by atoms with van der Waals surface area (Å²) in [6.07, 6.45) is 12.2. The molecule has 192 valence electrons. The van der Waals surface area contributed by atoms with Gasteiger partial charge in [0.05, 0.1) is 23.6 Å². The number of hydrogen-bond donors (Lipinski definition) is 4. The van der Waals surface area contributed by atoms with E-state index in [4.69, 9.17) is 10.7 Å². The molecule has 5 N–H and O–H groups in total. The lowest BCUT2D eigenvalue weighted by atomic mass is 9.71. The highest BCUT2D eigenvalue weighted by atomic mass is 16.3. The van der Waals surface area contributed by atoms with Gasteiger partial charge in [-0.1, -0.05) is 6.07 Å². The third-order valence-corrected chi connectivity index (χ3v) is 7.89. The zero-order valence-corrected chi connectivity index (χ0v) is 20.7. The van der Waals surface area contributed by atoms with Crippen LogP contribution in [0, 0.1) is 0 Å². The summed E-state index contributed by atoms with van der Waals surface area (Å²) < 4.78 is 1.59. The van der Waals surface area contributed by atoms with Crippen LogP contribution in [0.15, 0.2) is 55.4 Å². The van der Waals surface area contributed by atoms with Crippen molar-refractivity contribution < 1.29 is 9.90 Å². The summed E-state index contributed by atoms with van der Waals surface area (Å²) in [5.41, 5.74) is 11.7. The molecule has 1 saturated carbocycles. The van der Waals surface area contributed by atoms with Gasteiger partial charge in [-0.3, -0.25) is 9.78 Å². The molecule has 1 aliphatic carbocycles. The van der Waals surface area contributed by atoms with Crippen LogP contribution in [0.2, 0.25) is 0 Å². The van der Waals surface area contributed by atoms with Gasteiger partial charge in [-0.2, -0.15) is 9.61 Å². The molecule has 5 aromatic rings. The third-order valence-electron chi connectivity index (χ3n) is 7.89. The molecule has 3 unspecified atom stereocenters. The number of anilines is 1. The number of carbonyl (C=O) groups excluding carboxylic acids is 1. The number of piperidine rings is 1. The average molecular weight is 510 g/mol. The van der Waals surface area contributed by atoms with E-state index in [1.807, 2.05) is 23.1 Å². The van der Waals surface area contributed by atoms with Crippen LogP contribution in [-0.4, -0.2) is 62.5 Å². The summed E-state index contributed by atoms with van der Waals surface area (Å²) in [5.74, 6) is 1.22. The monoisotopic (exact) mass is 509 g/mol. The number of nitrogens with one attached hydrogen (secondary N) is 2. The van der Waals surface area contributed by atoms with Gasteiger partial charge in [-0.25, -0.2) is 9.97 Å². The van der Waals surface area contributed by atoms with Crippen molar-refractivity contribution >= 4 is 17.4 Å². The Morgan fingerprint density at radius 1 is 1.13 bits per heavy atom. The fourth-order valence-corrected chi connectivity index (χ4v) is 6.12. The topological polar surface area (TPSA) is 154 Å². The molecule has 3 fully saturated rings. The lowest BCUT2D eigenvalue weighted by Crippen LogP contribution is -2.62. The second-order valence-corrected chi connectivity index (χ2v) is 10.2. The van der Waals surface area contributed by atoms with E-state index >= 15 is 0 Å². The average Bonchev–Trinajstić information content (AvgIpc) is 3.71. The van der Waals surface area contributed by atoms with E-state index in [0.717, 1.165) is 41.8 Å². The van der Waals surface area contributed by atoms with Gasteiger partial charge in [0.25, 0.3) is 5.91 Å². The van der Waals surface area contributed by atoms with Crippen LogP contribution in [0.25, 0.3) is 28.3 Å². The minimum Gasteiger partial charge on any atom is -0.388 e. The standard InChI is InChI=1S/C27H27N9O2/c1-14(37)22-23(17-8-18-10-19(9-17)35(18)27(38)16-4-5-29-11-16)34-26-20(13-33-36(26)24(22)28)15-2-3-21(32-12-15)25-30-6-7-31-25/h2-7,11-14,17-19,29,37H,8-10,28H2,1H3,(H,30,31). The molecular formula is C27H27N9O2. The molecule has 0 radical (unpaired) electrons. The Labute approximate surface area is 217 Å². The Morgan fingerprint density at radius 2 is 1.97 bits per heavy atom. The quantitative estimate of drug-likeness (QED) is 0.283. The molecule has 2 aliphatic heterocycles. The number of hydrogen-bond acceptors (Lipinski definition) is 7. The van der Waals surface area contributed by atoms with Crippen molar-refractivity contribution in [3.63, 3.8) is 0 Å². The van der Waals surface area contributed by atoms with Gasteiger partial charge in [-0.15, -0.1) is 0 Å². The van der Waals surface area contributed by atoms with Crippen molar-refractivity contribution in [2.75, 3.05) is 5.73 Å². The highest BCUT2D eigenvalue weighted by molar-refractivity contribution is 5.95. The Hall–Kier alpha value is -4.51.